The lowest BCUT2D eigenvalue weighted by atomic mass is 10.1. The number of benzene rings is 2. The van der Waals surface area contributed by atoms with Gasteiger partial charge in [0, 0.05) is 12.8 Å². The van der Waals surface area contributed by atoms with Gasteiger partial charge in [0.2, 0.25) is 6.08 Å². The molecule has 0 bridgehead atoms. The normalized spacial score (nSPS) is 11.5. The number of esters is 1. The summed E-state index contributed by atoms with van der Waals surface area (Å²) in [5, 5.41) is 8.60. The number of carbonyl (C=O) groups excluding carboxylic acids is 3. The van der Waals surface area contributed by atoms with Crippen LogP contribution in [0.4, 0.5) is 5.69 Å². The number of Topliss-reactive ketones (excluding diaryl/α,β-unsaturated/α-hetero) is 1. The molecule has 8 heteroatoms. The predicted molar refractivity (Wildman–Crippen MR) is 184 cm³/mol. The molecule has 47 heavy (non-hydrogen) atoms. The molecule has 8 nitrogen and oxygen atoms in total. The van der Waals surface area contributed by atoms with Gasteiger partial charge in [-0.25, -0.2) is 4.79 Å². The van der Waals surface area contributed by atoms with E-state index in [2.05, 4.69) is 24.1 Å². The maximum Gasteiger partial charge on any atom is 0.305 e. The van der Waals surface area contributed by atoms with Gasteiger partial charge in [-0.2, -0.15) is 4.99 Å². The number of rotatable bonds is 27. The molecule has 0 saturated carbocycles. The van der Waals surface area contributed by atoms with Crippen LogP contribution in [0.15, 0.2) is 65.7 Å². The van der Waals surface area contributed by atoms with Crippen LogP contribution in [0.2, 0.25) is 0 Å². The van der Waals surface area contributed by atoms with Crippen LogP contribution in [0.3, 0.4) is 0 Å². The second kappa shape index (κ2) is 26.1. The summed E-state index contributed by atoms with van der Waals surface area (Å²) in [6.45, 7) is 2.76. The van der Waals surface area contributed by atoms with Gasteiger partial charge in [-0.3, -0.25) is 9.59 Å². The minimum absolute atomic E-state index is 0.0604. The summed E-state index contributed by atoms with van der Waals surface area (Å²) < 4.78 is 16.2. The molecule has 0 spiro atoms. The van der Waals surface area contributed by atoms with E-state index in [4.69, 9.17) is 19.5 Å². The second-order valence-corrected chi connectivity index (χ2v) is 11.9. The summed E-state index contributed by atoms with van der Waals surface area (Å²) >= 11 is 0. The Hall–Kier alpha value is -4.05. The predicted octanol–water partition coefficient (Wildman–Crippen LogP) is 9.22. The number of hydrogen-bond acceptors (Lipinski definition) is 8. The monoisotopic (exact) mass is 644 g/mol. The molecule has 0 aliphatic heterocycles. The van der Waals surface area contributed by atoms with Crippen molar-refractivity contribution in [1.82, 2.24) is 0 Å². The molecule has 0 N–H and O–H groups in total. The van der Waals surface area contributed by atoms with Gasteiger partial charge in [0.1, 0.15) is 12.4 Å². The Balaban J connectivity index is 1.52. The minimum Gasteiger partial charge on any atom is -0.466 e. The third-order valence-corrected chi connectivity index (χ3v) is 7.94. The lowest BCUT2D eigenvalue weighted by molar-refractivity contribution is -0.143. The molecule has 0 saturated heterocycles. The number of nitrogens with zero attached hydrogens (tertiary/aromatic N) is 2. The molecule has 0 unspecified atom stereocenters. The third-order valence-electron chi connectivity index (χ3n) is 7.94. The Kier molecular flexibility index (Phi) is 21.7. The zero-order chi connectivity index (χ0) is 33.8. The van der Waals surface area contributed by atoms with Gasteiger partial charge in [0.15, 0.2) is 5.78 Å². The van der Waals surface area contributed by atoms with Gasteiger partial charge in [-0.1, -0.05) is 88.3 Å². The lowest BCUT2D eigenvalue weighted by Crippen LogP contribution is -2.18. The highest BCUT2D eigenvalue weighted by Gasteiger charge is 2.11. The molecule has 0 amide bonds. The topological polar surface area (TPSA) is 115 Å². The fourth-order valence-corrected chi connectivity index (χ4v) is 5.16. The number of hydrogen-bond donors (Lipinski definition) is 0. The molecule has 2 aromatic carbocycles. The van der Waals surface area contributed by atoms with Gasteiger partial charge in [-0.15, -0.1) is 5.26 Å². The van der Waals surface area contributed by atoms with Crippen molar-refractivity contribution < 1.29 is 28.6 Å². The van der Waals surface area contributed by atoms with Gasteiger partial charge < -0.3 is 14.2 Å². The molecule has 2 aromatic rings. The van der Waals surface area contributed by atoms with Gasteiger partial charge in [-0.05, 0) is 86.8 Å². The van der Waals surface area contributed by atoms with E-state index in [1.54, 1.807) is 30.5 Å². The highest BCUT2D eigenvalue weighted by molar-refractivity contribution is 5.79. The Bertz CT molecular complexity index is 1260. The zero-order valence-corrected chi connectivity index (χ0v) is 28.1. The van der Waals surface area contributed by atoms with Crippen molar-refractivity contribution >= 4 is 23.5 Å². The molecular weight excluding hydrogens is 592 g/mol. The lowest BCUT2D eigenvalue weighted by Gasteiger charge is -2.16. The number of ketones is 1. The summed E-state index contributed by atoms with van der Waals surface area (Å²) in [5.74, 6) is 0.469. The van der Waals surface area contributed by atoms with E-state index in [1.807, 2.05) is 24.3 Å². The number of carbonyl (C=O) groups is 2. The first-order chi connectivity index (χ1) is 23.0. The fourth-order valence-electron chi connectivity index (χ4n) is 5.16. The smallest absolute Gasteiger partial charge is 0.305 e. The second-order valence-electron chi connectivity index (χ2n) is 11.9. The third kappa shape index (κ3) is 19.9. The van der Waals surface area contributed by atoms with Crippen LogP contribution in [-0.2, 0) is 36.7 Å². The summed E-state index contributed by atoms with van der Waals surface area (Å²) in [7, 11) is 0. The van der Waals surface area contributed by atoms with Crippen LogP contribution in [0.25, 0.3) is 0 Å². The molecule has 254 valence electrons. The van der Waals surface area contributed by atoms with Crippen molar-refractivity contribution in [2.75, 3.05) is 13.2 Å². The first-order valence-electron chi connectivity index (χ1n) is 17.3. The van der Waals surface area contributed by atoms with Crippen LogP contribution < -0.4 is 4.74 Å². The first kappa shape index (κ1) is 39.1. The van der Waals surface area contributed by atoms with Crippen molar-refractivity contribution in [2.24, 2.45) is 4.99 Å². The van der Waals surface area contributed by atoms with Crippen molar-refractivity contribution in [1.29, 1.82) is 5.26 Å². The van der Waals surface area contributed by atoms with Gasteiger partial charge in [0.05, 0.1) is 18.4 Å². The van der Waals surface area contributed by atoms with Crippen molar-refractivity contribution in [2.45, 2.75) is 122 Å². The van der Waals surface area contributed by atoms with E-state index < -0.39 is 0 Å². The van der Waals surface area contributed by atoms with Crippen LogP contribution >= 0.6 is 0 Å². The van der Waals surface area contributed by atoms with E-state index in [9.17, 15) is 14.4 Å². The Labute approximate surface area is 281 Å². The molecule has 0 fully saturated rings. The van der Waals surface area contributed by atoms with Crippen LogP contribution in [0.5, 0.6) is 5.75 Å². The maximum atomic E-state index is 12.5. The van der Waals surface area contributed by atoms with Crippen LogP contribution in [-0.4, -0.2) is 37.2 Å². The first-order valence-corrected chi connectivity index (χ1v) is 17.3. The molecule has 0 radical (unpaired) electrons. The maximum absolute atomic E-state index is 12.5. The van der Waals surface area contributed by atoms with E-state index in [1.165, 1.54) is 25.3 Å². The summed E-state index contributed by atoms with van der Waals surface area (Å²) in [6.07, 6.45) is 23.5. The number of unbranched alkanes of at least 4 members (excludes halogenated alkanes) is 8. The standard InChI is InChI=1S/C39H52N2O6/c1-2-3-4-11-16-37(46-30-36(43)26-21-34-22-27-38(28-23-34)47-31-40)17-12-9-7-5-6-8-10-13-18-39(44)45-29-14-15-33-19-24-35(25-20-33)41-32-42/h9,12,19-20,22-25,27-28,37H,2-8,10-11,13-18,21,26,29-30H2,1H3/b12-9-/t37-/m1/s1. The highest BCUT2D eigenvalue weighted by Crippen LogP contribution is 2.16. The Morgan fingerprint density at radius 1 is 0.830 bits per heavy atom. The van der Waals surface area contributed by atoms with Crippen molar-refractivity contribution in [3.8, 4) is 12.0 Å². The Morgan fingerprint density at radius 2 is 1.53 bits per heavy atom. The van der Waals surface area contributed by atoms with Crippen molar-refractivity contribution in [3.63, 3.8) is 0 Å². The highest BCUT2D eigenvalue weighted by atomic mass is 16.5. The van der Waals surface area contributed by atoms with Gasteiger partial charge in [0.25, 0.3) is 6.26 Å². The number of aliphatic imine (C=N–C) groups is 1. The quantitative estimate of drug-likeness (QED) is 0.0238. The van der Waals surface area contributed by atoms with Crippen molar-refractivity contribution in [3.05, 3.63) is 71.8 Å². The largest absolute Gasteiger partial charge is 0.466 e. The van der Waals surface area contributed by atoms with E-state index in [-0.39, 0.29) is 24.5 Å². The zero-order valence-electron chi connectivity index (χ0n) is 28.1. The van der Waals surface area contributed by atoms with Gasteiger partial charge >= 0.3 is 5.97 Å². The number of nitriles is 1. The SMILES string of the molecule is CCCCCC[C@H](C/C=C\CCCCCCCC(=O)OCCCc1ccc(N=C=O)cc1)OCC(=O)CCc1ccc(OC#N)cc1. The summed E-state index contributed by atoms with van der Waals surface area (Å²) in [4.78, 5) is 38.4. The van der Waals surface area contributed by atoms with E-state index >= 15 is 0 Å². The fraction of sp³-hybridized carbons (Fsp3) is 0.538. The molecule has 0 aliphatic rings. The molecular formula is C39H52N2O6. The molecule has 1 atom stereocenters. The average Bonchev–Trinajstić information content (AvgIpc) is 3.08. The average molecular weight is 645 g/mol. The Morgan fingerprint density at radius 3 is 2.28 bits per heavy atom. The summed E-state index contributed by atoms with van der Waals surface area (Å²) in [6, 6.07) is 14.6. The molecule has 0 heterocycles. The molecule has 0 aliphatic carbocycles. The number of aryl methyl sites for hydroxylation is 2. The van der Waals surface area contributed by atoms with E-state index in [0.717, 1.165) is 81.8 Å². The summed E-state index contributed by atoms with van der Waals surface area (Å²) in [5.41, 5.74) is 2.73. The number of allylic oxidation sites excluding steroid dienone is 1. The van der Waals surface area contributed by atoms with Crippen LogP contribution in [0.1, 0.15) is 114 Å². The van der Waals surface area contributed by atoms with Crippen LogP contribution in [0, 0.1) is 11.5 Å². The number of ether oxygens (including phenoxy) is 3. The minimum atomic E-state index is -0.130. The van der Waals surface area contributed by atoms with E-state index in [0.29, 0.717) is 37.3 Å². The molecule has 2 rings (SSSR count). The number of isocyanates is 1. The molecule has 0 aromatic heterocycles.